The van der Waals surface area contributed by atoms with E-state index >= 15 is 0 Å². The van der Waals surface area contributed by atoms with E-state index in [0.717, 1.165) is 36.9 Å². The van der Waals surface area contributed by atoms with Crippen molar-refractivity contribution in [1.29, 1.82) is 0 Å². The maximum absolute atomic E-state index is 13.5. The molecular formula is C19H28Cl2FN5O. The summed E-state index contributed by atoms with van der Waals surface area (Å²) in [4.78, 5) is 13.3. The molecule has 0 bridgehead atoms. The molecule has 0 amide bonds. The summed E-state index contributed by atoms with van der Waals surface area (Å²) >= 11 is 0. The SMILES string of the molecule is CCC(F)CNc1ncc(-c2ccccn2)c(NC2CCC(O)CC2)n1.Cl.Cl. The van der Waals surface area contributed by atoms with E-state index < -0.39 is 6.17 Å². The molecule has 2 heterocycles. The van der Waals surface area contributed by atoms with Crippen molar-refractivity contribution in [3.63, 3.8) is 0 Å². The summed E-state index contributed by atoms with van der Waals surface area (Å²) < 4.78 is 13.5. The number of aromatic nitrogens is 3. The van der Waals surface area contributed by atoms with E-state index in [4.69, 9.17) is 0 Å². The molecule has 1 atom stereocenters. The van der Waals surface area contributed by atoms with Crippen molar-refractivity contribution in [2.45, 2.75) is 57.3 Å². The quantitative estimate of drug-likeness (QED) is 0.607. The zero-order valence-corrected chi connectivity index (χ0v) is 17.5. The van der Waals surface area contributed by atoms with E-state index in [1.54, 1.807) is 12.4 Å². The van der Waals surface area contributed by atoms with Crippen LogP contribution in [0.15, 0.2) is 30.6 Å². The van der Waals surface area contributed by atoms with Crippen LogP contribution < -0.4 is 10.6 Å². The Morgan fingerprint density at radius 2 is 1.93 bits per heavy atom. The molecule has 1 unspecified atom stereocenters. The average Bonchev–Trinajstić information content (AvgIpc) is 2.68. The molecule has 0 radical (unpaired) electrons. The van der Waals surface area contributed by atoms with Crippen LogP contribution in [0.3, 0.4) is 0 Å². The number of nitrogens with one attached hydrogen (secondary N) is 2. The van der Waals surface area contributed by atoms with Crippen molar-refractivity contribution in [3.8, 4) is 11.3 Å². The number of halogens is 3. The highest BCUT2D eigenvalue weighted by Crippen LogP contribution is 2.28. The Morgan fingerprint density at radius 3 is 2.57 bits per heavy atom. The fraction of sp³-hybridized carbons (Fsp3) is 0.526. The van der Waals surface area contributed by atoms with Crippen LogP contribution in [-0.2, 0) is 0 Å². The second-order valence-electron chi connectivity index (χ2n) is 6.71. The molecule has 1 fully saturated rings. The third-order valence-electron chi connectivity index (χ3n) is 4.69. The molecular weight excluding hydrogens is 404 g/mol. The number of aliphatic hydroxyl groups is 1. The molecule has 28 heavy (non-hydrogen) atoms. The van der Waals surface area contributed by atoms with Gasteiger partial charge in [0.2, 0.25) is 5.95 Å². The van der Waals surface area contributed by atoms with Gasteiger partial charge in [0.05, 0.1) is 17.4 Å². The van der Waals surface area contributed by atoms with Gasteiger partial charge in [-0.15, -0.1) is 24.8 Å². The number of aliphatic hydroxyl groups excluding tert-OH is 1. The van der Waals surface area contributed by atoms with Gasteiger partial charge in [-0.2, -0.15) is 4.98 Å². The lowest BCUT2D eigenvalue weighted by Crippen LogP contribution is -2.29. The Morgan fingerprint density at radius 1 is 1.18 bits per heavy atom. The monoisotopic (exact) mass is 431 g/mol. The molecule has 9 heteroatoms. The van der Waals surface area contributed by atoms with Crippen LogP contribution in [0.2, 0.25) is 0 Å². The van der Waals surface area contributed by atoms with Gasteiger partial charge in [-0.05, 0) is 44.2 Å². The first-order valence-corrected chi connectivity index (χ1v) is 9.26. The first-order valence-electron chi connectivity index (χ1n) is 9.26. The summed E-state index contributed by atoms with van der Waals surface area (Å²) in [5.41, 5.74) is 1.60. The molecule has 3 rings (SSSR count). The predicted octanol–water partition coefficient (Wildman–Crippen LogP) is 4.26. The summed E-state index contributed by atoms with van der Waals surface area (Å²) in [6.45, 7) is 2.00. The van der Waals surface area contributed by atoms with Crippen molar-refractivity contribution in [2.24, 2.45) is 0 Å². The van der Waals surface area contributed by atoms with Crippen molar-refractivity contribution in [1.82, 2.24) is 15.0 Å². The van der Waals surface area contributed by atoms with Gasteiger partial charge < -0.3 is 15.7 Å². The minimum atomic E-state index is -0.926. The lowest BCUT2D eigenvalue weighted by Gasteiger charge is -2.27. The highest BCUT2D eigenvalue weighted by Gasteiger charge is 2.21. The van der Waals surface area contributed by atoms with Gasteiger partial charge >= 0.3 is 0 Å². The van der Waals surface area contributed by atoms with Crippen LogP contribution in [0, 0.1) is 0 Å². The van der Waals surface area contributed by atoms with Gasteiger partial charge in [0.25, 0.3) is 0 Å². The van der Waals surface area contributed by atoms with Crippen LogP contribution in [-0.4, -0.2) is 44.9 Å². The van der Waals surface area contributed by atoms with Crippen LogP contribution in [0.4, 0.5) is 16.2 Å². The smallest absolute Gasteiger partial charge is 0.224 e. The summed E-state index contributed by atoms with van der Waals surface area (Å²) in [6, 6.07) is 5.94. The summed E-state index contributed by atoms with van der Waals surface area (Å²) in [6.07, 6.45) is 6.12. The Hall–Kier alpha value is -1.70. The third kappa shape index (κ3) is 6.72. The van der Waals surface area contributed by atoms with Gasteiger partial charge in [0, 0.05) is 25.0 Å². The van der Waals surface area contributed by atoms with Crippen LogP contribution in [0.5, 0.6) is 0 Å². The Labute approximate surface area is 177 Å². The van der Waals surface area contributed by atoms with E-state index in [-0.39, 0.29) is 43.5 Å². The van der Waals surface area contributed by atoms with Crippen LogP contribution in [0.25, 0.3) is 11.3 Å². The van der Waals surface area contributed by atoms with E-state index in [2.05, 4.69) is 25.6 Å². The standard InChI is InChI=1S/C19H26FN5O.2ClH/c1-2-13(20)11-22-19-23-12-16(17-5-3-4-10-21-17)18(25-19)24-14-6-8-15(26)9-7-14;;/h3-5,10,12-15,26H,2,6-9,11H2,1H3,(H2,22,23,24,25);2*1H. The largest absolute Gasteiger partial charge is 0.393 e. The highest BCUT2D eigenvalue weighted by atomic mass is 35.5. The summed E-state index contributed by atoms with van der Waals surface area (Å²) in [5, 5.41) is 16.1. The van der Waals surface area contributed by atoms with E-state index in [1.807, 2.05) is 25.1 Å². The lowest BCUT2D eigenvalue weighted by molar-refractivity contribution is 0.126. The van der Waals surface area contributed by atoms with E-state index in [1.165, 1.54) is 0 Å². The molecule has 0 aliphatic heterocycles. The summed E-state index contributed by atoms with van der Waals surface area (Å²) in [7, 11) is 0. The fourth-order valence-corrected chi connectivity index (χ4v) is 3.05. The number of pyridine rings is 1. The molecule has 1 aliphatic rings. The Balaban J connectivity index is 0.00000196. The van der Waals surface area contributed by atoms with Gasteiger partial charge in [0.15, 0.2) is 0 Å². The fourth-order valence-electron chi connectivity index (χ4n) is 3.05. The van der Waals surface area contributed by atoms with Gasteiger partial charge in [-0.25, -0.2) is 9.37 Å². The van der Waals surface area contributed by atoms with E-state index in [0.29, 0.717) is 18.2 Å². The topological polar surface area (TPSA) is 83.0 Å². The van der Waals surface area contributed by atoms with Crippen molar-refractivity contribution in [2.75, 3.05) is 17.2 Å². The average molecular weight is 432 g/mol. The molecule has 156 valence electrons. The second kappa shape index (κ2) is 12.0. The van der Waals surface area contributed by atoms with Crippen molar-refractivity contribution < 1.29 is 9.50 Å². The molecule has 1 saturated carbocycles. The van der Waals surface area contributed by atoms with E-state index in [9.17, 15) is 9.50 Å². The normalized spacial score (nSPS) is 19.7. The van der Waals surface area contributed by atoms with Crippen molar-refractivity contribution in [3.05, 3.63) is 30.6 Å². The maximum atomic E-state index is 13.5. The number of anilines is 2. The van der Waals surface area contributed by atoms with Gasteiger partial charge in [-0.1, -0.05) is 13.0 Å². The number of rotatable bonds is 7. The number of hydrogen-bond donors (Lipinski definition) is 3. The second-order valence-corrected chi connectivity index (χ2v) is 6.71. The number of nitrogens with zero attached hydrogens (tertiary/aromatic N) is 3. The Bertz CT molecular complexity index is 702. The zero-order chi connectivity index (χ0) is 18.4. The molecule has 0 spiro atoms. The molecule has 0 saturated heterocycles. The van der Waals surface area contributed by atoms with Gasteiger partial charge in [0.1, 0.15) is 12.0 Å². The molecule has 6 nitrogen and oxygen atoms in total. The Kier molecular flexibility index (Phi) is 10.4. The lowest BCUT2D eigenvalue weighted by atomic mass is 9.93. The minimum Gasteiger partial charge on any atom is -0.393 e. The molecule has 2 aromatic rings. The predicted molar refractivity (Wildman–Crippen MR) is 115 cm³/mol. The minimum absolute atomic E-state index is 0. The number of hydrogen-bond acceptors (Lipinski definition) is 6. The molecule has 2 aromatic heterocycles. The first-order chi connectivity index (χ1) is 12.7. The maximum Gasteiger partial charge on any atom is 0.224 e. The van der Waals surface area contributed by atoms with Gasteiger partial charge in [-0.3, -0.25) is 4.98 Å². The third-order valence-corrected chi connectivity index (χ3v) is 4.69. The zero-order valence-electron chi connectivity index (χ0n) is 15.8. The molecule has 3 N–H and O–H groups in total. The van der Waals surface area contributed by atoms with Crippen LogP contribution in [0.1, 0.15) is 39.0 Å². The van der Waals surface area contributed by atoms with Crippen LogP contribution >= 0.6 is 24.8 Å². The highest BCUT2D eigenvalue weighted by molar-refractivity contribution is 5.85. The molecule has 1 aliphatic carbocycles. The van der Waals surface area contributed by atoms with Crippen molar-refractivity contribution >= 4 is 36.6 Å². The number of alkyl halides is 1. The summed E-state index contributed by atoms with van der Waals surface area (Å²) in [5.74, 6) is 1.09. The molecule has 0 aromatic carbocycles. The first kappa shape index (κ1) is 24.3.